The number of aromatic nitrogens is 2. The van der Waals surface area contributed by atoms with Crippen molar-refractivity contribution in [1.82, 2.24) is 24.3 Å². The average molecular weight is 512 g/mol. The van der Waals surface area contributed by atoms with Gasteiger partial charge in [-0.2, -0.15) is 9.19 Å². The first-order chi connectivity index (χ1) is 16.2. The fraction of sp³-hybridized carbons (Fsp3) is 0.565. The minimum absolute atomic E-state index is 0.0475. The number of alkyl carbamates (subject to hydrolysis) is 1. The summed E-state index contributed by atoms with van der Waals surface area (Å²) in [5.41, 5.74) is 0.967. The molecule has 35 heavy (non-hydrogen) atoms. The third-order valence-corrected chi connectivity index (χ3v) is 7.16. The van der Waals surface area contributed by atoms with E-state index in [2.05, 4.69) is 15.3 Å². The average Bonchev–Trinajstić information content (AvgIpc) is 3.28. The number of likely N-dealkylation sites (N-methyl/N-ethyl adjacent to an activating group) is 1. The predicted octanol–water partition coefficient (Wildman–Crippen LogP) is 2.62. The van der Waals surface area contributed by atoms with E-state index in [1.807, 2.05) is 11.9 Å². The van der Waals surface area contributed by atoms with Crippen molar-refractivity contribution in [1.29, 1.82) is 0 Å². The van der Waals surface area contributed by atoms with Gasteiger partial charge in [0.1, 0.15) is 17.2 Å². The van der Waals surface area contributed by atoms with Crippen LogP contribution in [0.4, 0.5) is 13.6 Å². The number of likely N-dealkylation sites (tertiary alicyclic amines) is 1. The van der Waals surface area contributed by atoms with E-state index in [-0.39, 0.29) is 11.6 Å². The van der Waals surface area contributed by atoms with Gasteiger partial charge in [-0.15, -0.1) is 0 Å². The van der Waals surface area contributed by atoms with Crippen LogP contribution in [0, 0.1) is 11.6 Å². The Kier molecular flexibility index (Phi) is 6.66. The molecule has 12 heteroatoms. The van der Waals surface area contributed by atoms with E-state index in [1.165, 1.54) is 12.3 Å². The highest BCUT2D eigenvalue weighted by atomic mass is 32.2. The van der Waals surface area contributed by atoms with E-state index < -0.39 is 45.4 Å². The molecule has 3 atom stereocenters. The maximum absolute atomic E-state index is 14.8. The number of rotatable bonds is 4. The van der Waals surface area contributed by atoms with Gasteiger partial charge in [0.05, 0.1) is 24.0 Å². The molecule has 4 rings (SSSR count). The van der Waals surface area contributed by atoms with Crippen molar-refractivity contribution in [2.45, 2.75) is 64.0 Å². The first-order valence-corrected chi connectivity index (χ1v) is 13.2. The molecule has 1 aromatic heterocycles. The zero-order chi connectivity index (χ0) is 25.7. The number of amides is 1. The van der Waals surface area contributed by atoms with Gasteiger partial charge in [-0.1, -0.05) is 0 Å². The maximum Gasteiger partial charge on any atom is 0.407 e. The van der Waals surface area contributed by atoms with Gasteiger partial charge in [0.25, 0.3) is 10.0 Å². The Morgan fingerprint density at radius 1 is 1.23 bits per heavy atom. The largest absolute Gasteiger partial charge is 0.444 e. The number of hydrogen-bond donors (Lipinski definition) is 1. The minimum Gasteiger partial charge on any atom is -0.444 e. The highest BCUT2D eigenvalue weighted by Gasteiger charge is 2.42. The van der Waals surface area contributed by atoms with Gasteiger partial charge in [0.2, 0.25) is 0 Å². The Bertz CT molecular complexity index is 1200. The number of fused-ring (bicyclic) bond motifs is 1. The zero-order valence-electron chi connectivity index (χ0n) is 20.5. The van der Waals surface area contributed by atoms with Gasteiger partial charge in [-0.25, -0.2) is 22.0 Å². The van der Waals surface area contributed by atoms with Gasteiger partial charge in [-0.05, 0) is 52.4 Å². The second kappa shape index (κ2) is 9.14. The predicted molar refractivity (Wildman–Crippen MR) is 125 cm³/mol. The van der Waals surface area contributed by atoms with Crippen LogP contribution in [0.3, 0.4) is 0 Å². The first kappa shape index (κ1) is 25.5. The molecule has 0 saturated carbocycles. The van der Waals surface area contributed by atoms with E-state index in [0.717, 1.165) is 28.0 Å². The lowest BCUT2D eigenvalue weighted by Gasteiger charge is -2.46. The number of ether oxygens (including phenoxy) is 1. The Balaban J connectivity index is 1.58. The van der Waals surface area contributed by atoms with Gasteiger partial charge in [-0.3, -0.25) is 9.80 Å². The second-order valence-corrected chi connectivity index (χ2v) is 12.2. The number of nitrogens with zero attached hydrogens (tertiary/aromatic N) is 4. The number of halogens is 2. The molecule has 1 N–H and O–H groups in total. The number of piperidine rings is 1. The summed E-state index contributed by atoms with van der Waals surface area (Å²) in [6.07, 6.45) is 2.45. The summed E-state index contributed by atoms with van der Waals surface area (Å²) in [7, 11) is -1.65. The van der Waals surface area contributed by atoms with Crippen LogP contribution in [0.25, 0.3) is 0 Å². The summed E-state index contributed by atoms with van der Waals surface area (Å²) in [6, 6.07) is 2.11. The number of nitrogens with one attached hydrogen (secondary N) is 1. The van der Waals surface area contributed by atoms with Crippen LogP contribution in [0.1, 0.15) is 50.1 Å². The lowest BCUT2D eigenvalue weighted by molar-refractivity contribution is 0.0257. The third kappa shape index (κ3) is 5.65. The fourth-order valence-electron chi connectivity index (χ4n) is 4.89. The van der Waals surface area contributed by atoms with E-state index in [9.17, 15) is 22.0 Å². The first-order valence-electron chi connectivity index (χ1n) is 11.4. The Labute approximate surface area is 204 Å². The van der Waals surface area contributed by atoms with E-state index in [4.69, 9.17) is 4.74 Å². The molecule has 3 heterocycles. The topological polar surface area (TPSA) is 96.8 Å². The summed E-state index contributed by atoms with van der Waals surface area (Å²) in [6.45, 7) is 6.75. The standard InChI is InChI=1S/C23H31F2N5O4S/c1-23(2,3)34-22(31)26-19-9-16(12-28(4)21(19)17-8-15(24)6-7-18(17)25)29-10-14-11-30(35(5,32)33)27-20(14)13-29/h6-8,11,16,19,21H,9-10,12-13H2,1-5H3,(H,26,31)/t16?,19-,21?/m0/s1. The molecular formula is C23H31F2N5O4S. The summed E-state index contributed by atoms with van der Waals surface area (Å²) in [5, 5.41) is 7.09. The van der Waals surface area contributed by atoms with Crippen molar-refractivity contribution in [3.8, 4) is 0 Å². The van der Waals surface area contributed by atoms with Crippen LogP contribution < -0.4 is 5.32 Å². The molecule has 2 aliphatic heterocycles. The molecule has 1 fully saturated rings. The molecule has 0 aliphatic carbocycles. The van der Waals surface area contributed by atoms with E-state index in [1.54, 1.807) is 20.8 Å². The van der Waals surface area contributed by atoms with Crippen molar-refractivity contribution in [2.75, 3.05) is 19.8 Å². The van der Waals surface area contributed by atoms with E-state index in [0.29, 0.717) is 31.7 Å². The van der Waals surface area contributed by atoms with Crippen LogP contribution in [0.2, 0.25) is 0 Å². The van der Waals surface area contributed by atoms with Crippen molar-refractivity contribution in [3.63, 3.8) is 0 Å². The van der Waals surface area contributed by atoms with Crippen molar-refractivity contribution in [3.05, 3.63) is 52.9 Å². The molecule has 1 saturated heterocycles. The van der Waals surface area contributed by atoms with Gasteiger partial charge in [0.15, 0.2) is 0 Å². The summed E-state index contributed by atoms with van der Waals surface area (Å²) in [5.74, 6) is -1.10. The Morgan fingerprint density at radius 2 is 1.94 bits per heavy atom. The molecule has 0 bridgehead atoms. The van der Waals surface area contributed by atoms with Crippen LogP contribution in [0.5, 0.6) is 0 Å². The minimum atomic E-state index is -3.46. The fourth-order valence-corrected chi connectivity index (χ4v) is 5.45. The molecule has 0 spiro atoms. The van der Waals surface area contributed by atoms with Crippen LogP contribution >= 0.6 is 0 Å². The second-order valence-electron chi connectivity index (χ2n) is 10.3. The molecule has 2 aromatic rings. The van der Waals surface area contributed by atoms with Gasteiger partial charge >= 0.3 is 6.09 Å². The summed E-state index contributed by atoms with van der Waals surface area (Å²) < 4.78 is 58.8. The van der Waals surface area contributed by atoms with E-state index >= 15 is 0 Å². The van der Waals surface area contributed by atoms with Crippen LogP contribution in [-0.2, 0) is 27.8 Å². The normalized spacial score (nSPS) is 23.8. The smallest absolute Gasteiger partial charge is 0.407 e. The lowest BCUT2D eigenvalue weighted by atomic mass is 9.87. The van der Waals surface area contributed by atoms with Gasteiger partial charge < -0.3 is 10.1 Å². The number of carbonyl (C=O) groups excluding carboxylic acids is 1. The molecule has 192 valence electrons. The van der Waals surface area contributed by atoms with Crippen molar-refractivity contribution < 1.29 is 26.7 Å². The Hall–Kier alpha value is -2.57. The highest BCUT2D eigenvalue weighted by Crippen LogP contribution is 2.36. The molecule has 9 nitrogen and oxygen atoms in total. The molecule has 0 radical (unpaired) electrons. The molecule has 1 amide bonds. The van der Waals surface area contributed by atoms with Crippen LogP contribution in [0.15, 0.2) is 24.4 Å². The van der Waals surface area contributed by atoms with Crippen LogP contribution in [-0.4, -0.2) is 71.0 Å². The molecular weight excluding hydrogens is 480 g/mol. The number of benzene rings is 1. The summed E-state index contributed by atoms with van der Waals surface area (Å²) in [4.78, 5) is 16.7. The highest BCUT2D eigenvalue weighted by molar-refractivity contribution is 7.89. The molecule has 2 aliphatic rings. The molecule has 2 unspecified atom stereocenters. The number of hydrogen-bond acceptors (Lipinski definition) is 7. The number of carbonyl (C=O) groups is 1. The monoisotopic (exact) mass is 511 g/mol. The SMILES string of the molecule is CN1CC(N2Cc3cn(S(C)(=O)=O)nc3C2)C[C@H](NC(=O)OC(C)(C)C)C1c1cc(F)ccc1F. The maximum atomic E-state index is 14.8. The Morgan fingerprint density at radius 3 is 2.57 bits per heavy atom. The summed E-state index contributed by atoms with van der Waals surface area (Å²) >= 11 is 0. The molecule has 1 aromatic carbocycles. The zero-order valence-corrected chi connectivity index (χ0v) is 21.3. The quantitative estimate of drug-likeness (QED) is 0.674. The third-order valence-electron chi connectivity index (χ3n) is 6.30. The lowest BCUT2D eigenvalue weighted by Crippen LogP contribution is -2.57. The van der Waals surface area contributed by atoms with Gasteiger partial charge in [0, 0.05) is 43.0 Å². The van der Waals surface area contributed by atoms with Crippen molar-refractivity contribution in [2.24, 2.45) is 0 Å². The van der Waals surface area contributed by atoms with Crippen molar-refractivity contribution >= 4 is 16.1 Å².